The zero-order chi connectivity index (χ0) is 13.1. The summed E-state index contributed by atoms with van der Waals surface area (Å²) in [5, 5.41) is 24.3. The van der Waals surface area contributed by atoms with Gasteiger partial charge in [-0.2, -0.15) is 10.1 Å². The molecule has 0 radical (unpaired) electrons. The van der Waals surface area contributed by atoms with Gasteiger partial charge in [0.25, 0.3) is 11.7 Å². The van der Waals surface area contributed by atoms with Crippen molar-refractivity contribution in [2.45, 2.75) is 13.0 Å². The molecule has 0 aliphatic carbocycles. The number of hydrogen-bond acceptors (Lipinski definition) is 6. The largest absolute Gasteiger partial charge is 0.394 e. The van der Waals surface area contributed by atoms with Crippen LogP contribution in [0.4, 0.5) is 0 Å². The van der Waals surface area contributed by atoms with Gasteiger partial charge in [0, 0.05) is 6.20 Å². The Labute approximate surface area is 102 Å². The first-order chi connectivity index (χ1) is 8.67. The van der Waals surface area contributed by atoms with E-state index in [1.165, 1.54) is 17.0 Å². The lowest BCUT2D eigenvalue weighted by Gasteiger charge is -2.14. The van der Waals surface area contributed by atoms with Crippen LogP contribution in [0, 0.1) is 6.92 Å². The summed E-state index contributed by atoms with van der Waals surface area (Å²) in [6.45, 7) is 1.05. The molecule has 0 aliphatic rings. The Kier molecular flexibility index (Phi) is 3.49. The van der Waals surface area contributed by atoms with E-state index in [2.05, 4.69) is 20.4 Å². The first-order valence-corrected chi connectivity index (χ1v) is 5.35. The summed E-state index contributed by atoms with van der Waals surface area (Å²) in [7, 11) is 0. The molecule has 2 heterocycles. The minimum atomic E-state index is -0.691. The van der Waals surface area contributed by atoms with Crippen LogP contribution in [0.5, 0.6) is 0 Å². The van der Waals surface area contributed by atoms with E-state index in [0.717, 1.165) is 0 Å². The highest BCUT2D eigenvalue weighted by Crippen LogP contribution is 2.07. The van der Waals surface area contributed by atoms with Gasteiger partial charge in [-0.25, -0.2) is 9.50 Å². The van der Waals surface area contributed by atoms with Gasteiger partial charge in [0.2, 0.25) is 0 Å². The van der Waals surface area contributed by atoms with Crippen LogP contribution in [-0.4, -0.2) is 55.0 Å². The van der Waals surface area contributed by atoms with E-state index in [4.69, 9.17) is 10.2 Å². The molecule has 8 heteroatoms. The minimum Gasteiger partial charge on any atom is -0.394 e. The van der Waals surface area contributed by atoms with Crippen molar-refractivity contribution in [2.75, 3.05) is 13.2 Å². The van der Waals surface area contributed by atoms with E-state index in [9.17, 15) is 4.79 Å². The predicted octanol–water partition coefficient (Wildman–Crippen LogP) is -1.48. The number of fused-ring (bicyclic) bond motifs is 1. The highest BCUT2D eigenvalue weighted by atomic mass is 16.3. The van der Waals surface area contributed by atoms with Crippen molar-refractivity contribution in [2.24, 2.45) is 0 Å². The number of aromatic nitrogens is 4. The number of nitrogens with zero attached hydrogens (tertiary/aromatic N) is 4. The van der Waals surface area contributed by atoms with Crippen molar-refractivity contribution < 1.29 is 15.0 Å². The van der Waals surface area contributed by atoms with Gasteiger partial charge >= 0.3 is 0 Å². The molecule has 2 aromatic heterocycles. The molecule has 0 bridgehead atoms. The maximum absolute atomic E-state index is 11.9. The molecule has 18 heavy (non-hydrogen) atoms. The van der Waals surface area contributed by atoms with E-state index in [1.54, 1.807) is 6.92 Å². The number of nitrogens with one attached hydrogen (secondary N) is 1. The van der Waals surface area contributed by atoms with Gasteiger partial charge in [-0.1, -0.05) is 0 Å². The monoisotopic (exact) mass is 251 g/mol. The van der Waals surface area contributed by atoms with Crippen molar-refractivity contribution >= 4 is 11.7 Å². The quantitative estimate of drug-likeness (QED) is 0.610. The summed E-state index contributed by atoms with van der Waals surface area (Å²) in [6.07, 6.45) is 2.74. The van der Waals surface area contributed by atoms with Gasteiger partial charge in [0.15, 0.2) is 0 Å². The zero-order valence-corrected chi connectivity index (χ0v) is 9.74. The normalized spacial score (nSPS) is 11.1. The Morgan fingerprint density at radius 1 is 1.44 bits per heavy atom. The van der Waals surface area contributed by atoms with Crippen molar-refractivity contribution in [1.29, 1.82) is 0 Å². The number of aliphatic hydroxyl groups excluding tert-OH is 2. The van der Waals surface area contributed by atoms with Gasteiger partial charge in [-0.15, -0.1) is 0 Å². The third-order valence-corrected chi connectivity index (χ3v) is 2.57. The topological polar surface area (TPSA) is 113 Å². The summed E-state index contributed by atoms with van der Waals surface area (Å²) in [6, 6.07) is -0.691. The summed E-state index contributed by atoms with van der Waals surface area (Å²) in [4.78, 5) is 19.8. The lowest BCUT2D eigenvalue weighted by Crippen LogP contribution is -2.40. The van der Waals surface area contributed by atoms with Crippen LogP contribution in [0.3, 0.4) is 0 Å². The van der Waals surface area contributed by atoms with Crippen LogP contribution < -0.4 is 5.32 Å². The molecule has 8 nitrogen and oxygen atoms in total. The minimum absolute atomic E-state index is 0.319. The zero-order valence-electron chi connectivity index (χ0n) is 9.74. The Morgan fingerprint density at radius 2 is 2.17 bits per heavy atom. The van der Waals surface area contributed by atoms with Crippen LogP contribution in [0.15, 0.2) is 12.5 Å². The number of aryl methyl sites for hydroxylation is 1. The van der Waals surface area contributed by atoms with E-state index in [-0.39, 0.29) is 13.2 Å². The highest BCUT2D eigenvalue weighted by molar-refractivity contribution is 5.95. The van der Waals surface area contributed by atoms with E-state index in [1.807, 2.05) is 0 Å². The molecule has 2 aromatic rings. The molecule has 0 atom stereocenters. The maximum atomic E-state index is 11.9. The fourth-order valence-electron chi connectivity index (χ4n) is 1.52. The second-order valence-corrected chi connectivity index (χ2v) is 3.76. The van der Waals surface area contributed by atoms with Crippen LogP contribution in [0.25, 0.3) is 5.78 Å². The second-order valence-electron chi connectivity index (χ2n) is 3.76. The van der Waals surface area contributed by atoms with Gasteiger partial charge in [-0.3, -0.25) is 4.79 Å². The molecule has 3 N–H and O–H groups in total. The maximum Gasteiger partial charge on any atom is 0.255 e. The number of aliphatic hydroxyl groups is 2. The van der Waals surface area contributed by atoms with Crippen LogP contribution in [0.1, 0.15) is 16.1 Å². The number of hydrogen-bond donors (Lipinski definition) is 3. The van der Waals surface area contributed by atoms with Gasteiger partial charge in [0.05, 0.1) is 30.5 Å². The van der Waals surface area contributed by atoms with Crippen LogP contribution in [0.2, 0.25) is 0 Å². The van der Waals surface area contributed by atoms with E-state index < -0.39 is 11.9 Å². The lowest BCUT2D eigenvalue weighted by molar-refractivity contribution is 0.0877. The second kappa shape index (κ2) is 5.07. The third-order valence-electron chi connectivity index (χ3n) is 2.57. The summed E-state index contributed by atoms with van der Waals surface area (Å²) in [5.41, 5.74) is 0.907. The molecule has 0 saturated carbocycles. The molecule has 1 amide bonds. The van der Waals surface area contributed by atoms with Gasteiger partial charge in [-0.05, 0) is 6.92 Å². The molecule has 0 aromatic carbocycles. The Balaban J connectivity index is 2.30. The summed E-state index contributed by atoms with van der Waals surface area (Å²) >= 11 is 0. The molecule has 2 rings (SSSR count). The highest BCUT2D eigenvalue weighted by Gasteiger charge is 2.16. The number of amides is 1. The molecular weight excluding hydrogens is 238 g/mol. The molecule has 0 unspecified atom stereocenters. The Bertz CT molecular complexity index is 564. The van der Waals surface area contributed by atoms with Gasteiger partial charge in [0.1, 0.15) is 6.33 Å². The summed E-state index contributed by atoms with van der Waals surface area (Å²) in [5.74, 6) is -0.0181. The van der Waals surface area contributed by atoms with Crippen molar-refractivity contribution in [3.63, 3.8) is 0 Å². The molecule has 0 saturated heterocycles. The number of carbonyl (C=O) groups is 1. The summed E-state index contributed by atoms with van der Waals surface area (Å²) < 4.78 is 1.45. The molecule has 96 valence electrons. The van der Waals surface area contributed by atoms with Crippen molar-refractivity contribution in [3.05, 3.63) is 23.8 Å². The third kappa shape index (κ3) is 2.15. The van der Waals surface area contributed by atoms with Crippen molar-refractivity contribution in [1.82, 2.24) is 24.9 Å². The predicted molar refractivity (Wildman–Crippen MR) is 60.9 cm³/mol. The fraction of sp³-hybridized carbons (Fsp3) is 0.400. The number of carbonyl (C=O) groups excluding carboxylic acids is 1. The lowest BCUT2D eigenvalue weighted by atomic mass is 10.2. The molecule has 0 spiro atoms. The van der Waals surface area contributed by atoms with Gasteiger partial charge < -0.3 is 15.5 Å². The first-order valence-electron chi connectivity index (χ1n) is 5.35. The van der Waals surface area contributed by atoms with E-state index >= 15 is 0 Å². The molecule has 0 aliphatic heterocycles. The Hall–Kier alpha value is -2.06. The average Bonchev–Trinajstić information content (AvgIpc) is 2.85. The van der Waals surface area contributed by atoms with Crippen LogP contribution in [-0.2, 0) is 0 Å². The van der Waals surface area contributed by atoms with E-state index in [0.29, 0.717) is 17.0 Å². The number of rotatable bonds is 4. The standard InChI is InChI=1S/C10H13N5O3/c1-6-8(9(18)14-7(3-16)4-17)2-11-10-12-5-13-15(6)10/h2,5,7,16-17H,3-4H2,1H3,(H,14,18). The SMILES string of the molecule is Cc1c(C(=O)NC(CO)CO)cnc2ncnn12. The van der Waals surface area contributed by atoms with Crippen LogP contribution >= 0.6 is 0 Å². The smallest absolute Gasteiger partial charge is 0.255 e. The average molecular weight is 251 g/mol. The molecular formula is C10H13N5O3. The molecule has 0 fully saturated rings. The Morgan fingerprint density at radius 3 is 2.83 bits per heavy atom. The first kappa shape index (κ1) is 12.4. The fourth-order valence-corrected chi connectivity index (χ4v) is 1.52. The van der Waals surface area contributed by atoms with Crippen molar-refractivity contribution in [3.8, 4) is 0 Å².